The molecule has 1 heterocycles. The molecule has 1 aliphatic rings. The van der Waals surface area contributed by atoms with E-state index in [0.29, 0.717) is 0 Å². The van der Waals surface area contributed by atoms with Gasteiger partial charge in [-0.15, -0.1) is 20.2 Å². The van der Waals surface area contributed by atoms with Crippen molar-refractivity contribution >= 4 is 0 Å². The van der Waals surface area contributed by atoms with Crippen molar-refractivity contribution in [1.29, 1.82) is 0 Å². The fourth-order valence-electron chi connectivity index (χ4n) is 1.75. The summed E-state index contributed by atoms with van der Waals surface area (Å²) in [7, 11) is 0. The van der Waals surface area contributed by atoms with E-state index in [1.165, 1.54) is 0 Å². The summed E-state index contributed by atoms with van der Waals surface area (Å²) in [5.74, 6) is -2.37. The Morgan fingerprint density at radius 3 is 2.26 bits per heavy atom. The molecule has 0 bridgehead atoms. The van der Waals surface area contributed by atoms with Gasteiger partial charge in [0.15, 0.2) is 18.0 Å². The highest BCUT2D eigenvalue weighted by Gasteiger charge is 2.55. The van der Waals surface area contributed by atoms with Gasteiger partial charge in [-0.05, 0) is 6.92 Å². The SMILES string of the molecule is C[C@@]1(O)O[C@H](CO)[C@@H](O)[C@H](O[N+](=O)[O-])[C@H]1O[N+](=O)[O-]. The predicted molar refractivity (Wildman–Crippen MR) is 52.3 cm³/mol. The first-order valence-corrected chi connectivity index (χ1v) is 5.00. The highest BCUT2D eigenvalue weighted by molar-refractivity contribution is 4.95. The van der Waals surface area contributed by atoms with Crippen molar-refractivity contribution in [3.8, 4) is 0 Å². The van der Waals surface area contributed by atoms with Crippen LogP contribution < -0.4 is 0 Å². The molecule has 3 N–H and O–H groups in total. The van der Waals surface area contributed by atoms with Gasteiger partial charge in [-0.25, -0.2) is 0 Å². The number of ether oxygens (including phenoxy) is 1. The Labute approximate surface area is 105 Å². The smallest absolute Gasteiger partial charge is 0.295 e. The highest BCUT2D eigenvalue weighted by atomic mass is 17.0. The monoisotopic (exact) mass is 284 g/mol. The van der Waals surface area contributed by atoms with E-state index in [0.717, 1.165) is 6.92 Å². The van der Waals surface area contributed by atoms with Crippen LogP contribution in [0.15, 0.2) is 0 Å². The molecule has 0 aromatic heterocycles. The minimum Gasteiger partial charge on any atom is -0.394 e. The summed E-state index contributed by atoms with van der Waals surface area (Å²) >= 11 is 0. The van der Waals surface area contributed by atoms with Crippen LogP contribution in [-0.4, -0.2) is 62.3 Å². The molecule has 5 atom stereocenters. The van der Waals surface area contributed by atoms with Crippen LogP contribution in [0, 0.1) is 20.2 Å². The number of aliphatic hydroxyl groups excluding tert-OH is 2. The van der Waals surface area contributed by atoms with E-state index in [1.54, 1.807) is 0 Å². The third kappa shape index (κ3) is 3.37. The molecule has 0 radical (unpaired) electrons. The van der Waals surface area contributed by atoms with Crippen molar-refractivity contribution in [3.63, 3.8) is 0 Å². The minimum atomic E-state index is -2.37. The van der Waals surface area contributed by atoms with E-state index in [9.17, 15) is 30.4 Å². The van der Waals surface area contributed by atoms with Crippen molar-refractivity contribution in [3.05, 3.63) is 20.2 Å². The van der Waals surface area contributed by atoms with E-state index < -0.39 is 47.0 Å². The van der Waals surface area contributed by atoms with Crippen molar-refractivity contribution in [1.82, 2.24) is 0 Å². The van der Waals surface area contributed by atoms with Gasteiger partial charge in [0.25, 0.3) is 10.2 Å². The molecule has 0 unspecified atom stereocenters. The third-order valence-electron chi connectivity index (χ3n) is 2.52. The van der Waals surface area contributed by atoms with Crippen molar-refractivity contribution in [2.45, 2.75) is 37.1 Å². The molecule has 110 valence electrons. The zero-order chi connectivity index (χ0) is 14.8. The number of rotatable bonds is 5. The van der Waals surface area contributed by atoms with Crippen LogP contribution in [0.1, 0.15) is 6.92 Å². The Morgan fingerprint density at radius 2 is 1.84 bits per heavy atom. The molecule has 0 amide bonds. The third-order valence-corrected chi connectivity index (χ3v) is 2.52. The maximum absolute atomic E-state index is 10.3. The Kier molecular flexibility index (Phi) is 4.41. The summed E-state index contributed by atoms with van der Waals surface area (Å²) in [6.45, 7) is 0.131. The fraction of sp³-hybridized carbons (Fsp3) is 1.00. The van der Waals surface area contributed by atoms with Gasteiger partial charge in [0.2, 0.25) is 0 Å². The second-order valence-electron chi connectivity index (χ2n) is 3.93. The molecule has 1 rings (SSSR count). The maximum Gasteiger partial charge on any atom is 0.295 e. The molecule has 12 nitrogen and oxygen atoms in total. The van der Waals surface area contributed by atoms with Crippen LogP contribution in [0.2, 0.25) is 0 Å². The Hall–Kier alpha value is -1.76. The van der Waals surface area contributed by atoms with Crippen LogP contribution in [-0.2, 0) is 14.4 Å². The van der Waals surface area contributed by atoms with Gasteiger partial charge in [0.1, 0.15) is 12.2 Å². The fourth-order valence-corrected chi connectivity index (χ4v) is 1.75. The summed E-state index contributed by atoms with van der Waals surface area (Å²) in [5, 5.41) is 46.4. The second kappa shape index (κ2) is 5.48. The van der Waals surface area contributed by atoms with Crippen LogP contribution in [0.25, 0.3) is 0 Å². The lowest BCUT2D eigenvalue weighted by Gasteiger charge is -2.45. The number of nitrogens with zero attached hydrogens (tertiary/aromatic N) is 2. The van der Waals surface area contributed by atoms with Gasteiger partial charge in [-0.1, -0.05) is 0 Å². The molecule has 12 heteroatoms. The molecule has 1 aliphatic heterocycles. The zero-order valence-electron chi connectivity index (χ0n) is 9.61. The van der Waals surface area contributed by atoms with Gasteiger partial charge in [-0.3, -0.25) is 0 Å². The highest BCUT2D eigenvalue weighted by Crippen LogP contribution is 2.31. The Bertz CT molecular complexity index is 360. The molecule has 0 spiro atoms. The minimum absolute atomic E-state index is 0.792. The predicted octanol–water partition coefficient (Wildman–Crippen LogP) is -2.40. The molecule has 19 heavy (non-hydrogen) atoms. The van der Waals surface area contributed by atoms with E-state index in [-0.39, 0.29) is 0 Å². The molecule has 0 aliphatic carbocycles. The molecule has 1 fully saturated rings. The summed E-state index contributed by atoms with van der Waals surface area (Å²) in [6.07, 6.45) is -7.10. The first-order valence-electron chi connectivity index (χ1n) is 5.00. The zero-order valence-corrected chi connectivity index (χ0v) is 9.61. The summed E-state index contributed by atoms with van der Waals surface area (Å²) in [5.41, 5.74) is 0. The summed E-state index contributed by atoms with van der Waals surface area (Å²) in [6, 6.07) is 0. The number of hydrogen-bond acceptors (Lipinski definition) is 10. The lowest BCUT2D eigenvalue weighted by atomic mass is 9.93. The Morgan fingerprint density at radius 1 is 1.32 bits per heavy atom. The normalized spacial score (nSPS) is 38.5. The van der Waals surface area contributed by atoms with E-state index >= 15 is 0 Å². The standard InChI is InChI=1S/C7H12N2O10/c1-7(12)6(19-9(15)16)5(18-8(13)14)4(11)3(2-10)17-7/h3-6,10-12H,2H2,1H3/t3-,4-,5+,6-,7-/m1/s1. The second-order valence-corrected chi connectivity index (χ2v) is 3.93. The first-order chi connectivity index (χ1) is 8.69. The molecule has 1 saturated heterocycles. The van der Waals surface area contributed by atoms with Crippen molar-refractivity contribution in [2.75, 3.05) is 6.61 Å². The van der Waals surface area contributed by atoms with Gasteiger partial charge < -0.3 is 29.7 Å². The largest absolute Gasteiger partial charge is 0.394 e. The quantitative estimate of drug-likeness (QED) is 0.364. The van der Waals surface area contributed by atoms with Crippen LogP contribution in [0.4, 0.5) is 0 Å². The van der Waals surface area contributed by atoms with Crippen LogP contribution >= 0.6 is 0 Å². The summed E-state index contributed by atoms with van der Waals surface area (Å²) in [4.78, 5) is 28.8. The average Bonchev–Trinajstić information content (AvgIpc) is 2.27. The van der Waals surface area contributed by atoms with Gasteiger partial charge in [-0.2, -0.15) is 0 Å². The van der Waals surface area contributed by atoms with Crippen LogP contribution in [0.3, 0.4) is 0 Å². The molecule has 0 aromatic carbocycles. The van der Waals surface area contributed by atoms with Gasteiger partial charge in [0, 0.05) is 0 Å². The molecular formula is C7H12N2O10. The van der Waals surface area contributed by atoms with E-state index in [2.05, 4.69) is 9.68 Å². The Balaban J connectivity index is 3.05. The first kappa shape index (κ1) is 15.3. The molecule has 0 aromatic rings. The van der Waals surface area contributed by atoms with Gasteiger partial charge in [0.05, 0.1) is 6.61 Å². The van der Waals surface area contributed by atoms with Gasteiger partial charge >= 0.3 is 0 Å². The maximum atomic E-state index is 10.3. The topological polar surface area (TPSA) is 175 Å². The average molecular weight is 284 g/mol. The lowest BCUT2D eigenvalue weighted by Crippen LogP contribution is -2.66. The van der Waals surface area contributed by atoms with Crippen molar-refractivity contribution < 1.29 is 39.9 Å². The number of aliphatic hydroxyl groups is 3. The van der Waals surface area contributed by atoms with Crippen molar-refractivity contribution in [2.24, 2.45) is 0 Å². The molecular weight excluding hydrogens is 272 g/mol. The lowest BCUT2D eigenvalue weighted by molar-refractivity contribution is -0.809. The molecule has 0 saturated carbocycles. The van der Waals surface area contributed by atoms with Crippen LogP contribution in [0.5, 0.6) is 0 Å². The number of hydrogen-bond donors (Lipinski definition) is 3. The van der Waals surface area contributed by atoms with E-state index in [1.807, 2.05) is 0 Å². The van der Waals surface area contributed by atoms with E-state index in [4.69, 9.17) is 9.84 Å². The summed E-state index contributed by atoms with van der Waals surface area (Å²) < 4.78 is 4.78.